The van der Waals surface area contributed by atoms with Crippen LogP contribution in [0.4, 0.5) is 0 Å². The van der Waals surface area contributed by atoms with E-state index in [4.69, 9.17) is 19.3 Å². The van der Waals surface area contributed by atoms with Gasteiger partial charge in [-0.2, -0.15) is 0 Å². The number of benzene rings is 1. The molecule has 0 bridgehead atoms. The molecule has 136 valence electrons. The molecule has 1 aromatic carbocycles. The number of rotatable bonds is 6. The maximum absolute atomic E-state index is 12.5. The maximum Gasteiger partial charge on any atom is 0.305 e. The minimum Gasteiger partial charge on any atom is -0.490 e. The van der Waals surface area contributed by atoms with Crippen LogP contribution in [0.3, 0.4) is 0 Å². The molecule has 2 heterocycles. The highest BCUT2D eigenvalue weighted by Crippen LogP contribution is 2.24. The summed E-state index contributed by atoms with van der Waals surface area (Å²) >= 11 is 0. The molecule has 0 saturated carbocycles. The van der Waals surface area contributed by atoms with Gasteiger partial charge in [0.15, 0.2) is 0 Å². The minimum atomic E-state index is -0.953. The summed E-state index contributed by atoms with van der Waals surface area (Å²) in [5.41, 5.74) is -0.365. The van der Waals surface area contributed by atoms with Crippen molar-refractivity contribution < 1.29 is 28.9 Å². The Morgan fingerprint density at radius 1 is 1.16 bits per heavy atom. The van der Waals surface area contributed by atoms with Crippen LogP contribution in [0.5, 0.6) is 5.75 Å². The van der Waals surface area contributed by atoms with Crippen LogP contribution < -0.4 is 10.1 Å². The lowest BCUT2D eigenvalue weighted by molar-refractivity contribution is -0.138. The van der Waals surface area contributed by atoms with E-state index in [9.17, 15) is 9.59 Å². The first-order valence-electron chi connectivity index (χ1n) is 8.53. The van der Waals surface area contributed by atoms with Crippen LogP contribution in [0, 0.1) is 0 Å². The van der Waals surface area contributed by atoms with Crippen LogP contribution in [0.15, 0.2) is 24.3 Å². The standard InChI is InChI=1S/C18H23NO6/c20-16(21)11-18(7-10-24-12-18)19-17(22)13-1-3-14(4-2-13)25-15-5-8-23-9-6-15/h1-4,15H,5-12H2,(H,19,22)(H,20,21). The van der Waals surface area contributed by atoms with E-state index in [1.807, 2.05) is 0 Å². The van der Waals surface area contributed by atoms with Gasteiger partial charge in [0.1, 0.15) is 11.9 Å². The van der Waals surface area contributed by atoms with E-state index in [0.717, 1.165) is 12.8 Å². The summed E-state index contributed by atoms with van der Waals surface area (Å²) in [6, 6.07) is 6.90. The largest absolute Gasteiger partial charge is 0.490 e. The van der Waals surface area contributed by atoms with Crippen molar-refractivity contribution in [1.82, 2.24) is 5.32 Å². The molecule has 0 spiro atoms. The van der Waals surface area contributed by atoms with E-state index in [0.29, 0.717) is 37.6 Å². The smallest absolute Gasteiger partial charge is 0.305 e. The summed E-state index contributed by atoms with van der Waals surface area (Å²) in [5, 5.41) is 11.9. The lowest BCUT2D eigenvalue weighted by Crippen LogP contribution is -2.50. The molecule has 1 aromatic rings. The van der Waals surface area contributed by atoms with Crippen LogP contribution in [0.1, 0.15) is 36.0 Å². The Labute approximate surface area is 146 Å². The first-order valence-corrected chi connectivity index (χ1v) is 8.53. The van der Waals surface area contributed by atoms with Gasteiger partial charge in [-0.15, -0.1) is 0 Å². The molecule has 3 rings (SSSR count). The SMILES string of the molecule is O=C(O)CC1(NC(=O)c2ccc(OC3CCOCC3)cc2)CCOC1. The lowest BCUT2D eigenvalue weighted by atomic mass is 9.93. The number of carbonyl (C=O) groups excluding carboxylic acids is 1. The number of carboxylic acids is 1. The molecule has 7 heteroatoms. The monoisotopic (exact) mass is 349 g/mol. The number of nitrogens with one attached hydrogen (secondary N) is 1. The number of hydrogen-bond acceptors (Lipinski definition) is 5. The maximum atomic E-state index is 12.5. The van der Waals surface area contributed by atoms with Gasteiger partial charge in [-0.3, -0.25) is 9.59 Å². The number of hydrogen-bond donors (Lipinski definition) is 2. The zero-order valence-corrected chi connectivity index (χ0v) is 14.0. The van der Waals surface area contributed by atoms with Gasteiger partial charge >= 0.3 is 5.97 Å². The molecule has 2 aliphatic heterocycles. The first-order chi connectivity index (χ1) is 12.1. The summed E-state index contributed by atoms with van der Waals surface area (Å²) in [6.07, 6.45) is 2.21. The van der Waals surface area contributed by atoms with Crippen molar-refractivity contribution in [2.75, 3.05) is 26.4 Å². The first kappa shape index (κ1) is 17.7. The predicted molar refractivity (Wildman–Crippen MR) is 88.8 cm³/mol. The van der Waals surface area contributed by atoms with Crippen molar-refractivity contribution in [2.45, 2.75) is 37.3 Å². The Hall–Kier alpha value is -2.12. The number of ether oxygens (including phenoxy) is 3. The second kappa shape index (κ2) is 7.84. The lowest BCUT2D eigenvalue weighted by Gasteiger charge is -2.27. The average Bonchev–Trinajstić information content (AvgIpc) is 3.03. The average molecular weight is 349 g/mol. The van der Waals surface area contributed by atoms with Crippen molar-refractivity contribution in [3.8, 4) is 5.75 Å². The molecule has 2 fully saturated rings. The molecule has 25 heavy (non-hydrogen) atoms. The van der Waals surface area contributed by atoms with E-state index in [1.165, 1.54) is 0 Å². The second-order valence-corrected chi connectivity index (χ2v) is 6.56. The Bertz CT molecular complexity index is 602. The number of aliphatic carboxylic acids is 1. The normalized spacial score (nSPS) is 24.0. The molecule has 2 N–H and O–H groups in total. The van der Waals surface area contributed by atoms with E-state index in [-0.39, 0.29) is 25.0 Å². The van der Waals surface area contributed by atoms with Gasteiger partial charge in [-0.25, -0.2) is 0 Å². The molecule has 7 nitrogen and oxygen atoms in total. The Morgan fingerprint density at radius 2 is 1.88 bits per heavy atom. The molecule has 2 aliphatic rings. The Morgan fingerprint density at radius 3 is 2.48 bits per heavy atom. The summed E-state index contributed by atoms with van der Waals surface area (Å²) < 4.78 is 16.5. The minimum absolute atomic E-state index is 0.142. The molecule has 1 unspecified atom stereocenters. The molecule has 0 radical (unpaired) electrons. The van der Waals surface area contributed by atoms with Crippen molar-refractivity contribution in [3.05, 3.63) is 29.8 Å². The fourth-order valence-electron chi connectivity index (χ4n) is 3.16. The zero-order valence-electron chi connectivity index (χ0n) is 14.0. The van der Waals surface area contributed by atoms with Gasteiger partial charge in [-0.1, -0.05) is 0 Å². The number of carboxylic acid groups (broad SMARTS) is 1. The molecular formula is C18H23NO6. The van der Waals surface area contributed by atoms with Crippen molar-refractivity contribution in [2.24, 2.45) is 0 Å². The topological polar surface area (TPSA) is 94.1 Å². The molecule has 0 aromatic heterocycles. The van der Waals surface area contributed by atoms with E-state index in [2.05, 4.69) is 5.32 Å². The molecule has 2 saturated heterocycles. The van der Waals surface area contributed by atoms with Crippen molar-refractivity contribution in [3.63, 3.8) is 0 Å². The summed E-state index contributed by atoms with van der Waals surface area (Å²) in [7, 11) is 0. The highest BCUT2D eigenvalue weighted by Gasteiger charge is 2.38. The van der Waals surface area contributed by atoms with E-state index >= 15 is 0 Å². The summed E-state index contributed by atoms with van der Waals surface area (Å²) in [5.74, 6) is -0.539. The highest BCUT2D eigenvalue weighted by molar-refractivity contribution is 5.95. The van der Waals surface area contributed by atoms with Gasteiger partial charge in [0.25, 0.3) is 5.91 Å². The fraction of sp³-hybridized carbons (Fsp3) is 0.556. The molecular weight excluding hydrogens is 326 g/mol. The molecule has 1 atom stereocenters. The van der Waals surface area contributed by atoms with Crippen LogP contribution in [0.2, 0.25) is 0 Å². The van der Waals surface area contributed by atoms with Crippen LogP contribution in [0.25, 0.3) is 0 Å². The van der Waals surface area contributed by atoms with Gasteiger partial charge in [0.2, 0.25) is 0 Å². The third-order valence-electron chi connectivity index (χ3n) is 4.56. The Kier molecular flexibility index (Phi) is 5.55. The Balaban J connectivity index is 1.60. The van der Waals surface area contributed by atoms with Crippen LogP contribution >= 0.6 is 0 Å². The van der Waals surface area contributed by atoms with Crippen LogP contribution in [-0.4, -0.2) is 55.1 Å². The van der Waals surface area contributed by atoms with Crippen LogP contribution in [-0.2, 0) is 14.3 Å². The third-order valence-corrected chi connectivity index (χ3v) is 4.56. The van der Waals surface area contributed by atoms with Gasteiger partial charge < -0.3 is 24.6 Å². The van der Waals surface area contributed by atoms with Crippen molar-refractivity contribution >= 4 is 11.9 Å². The quantitative estimate of drug-likeness (QED) is 0.810. The fourth-order valence-corrected chi connectivity index (χ4v) is 3.16. The molecule has 1 amide bonds. The summed E-state index contributed by atoms with van der Waals surface area (Å²) in [6.45, 7) is 2.08. The van der Waals surface area contributed by atoms with E-state index < -0.39 is 11.5 Å². The van der Waals surface area contributed by atoms with Gasteiger partial charge in [0.05, 0.1) is 31.8 Å². The second-order valence-electron chi connectivity index (χ2n) is 6.56. The molecule has 0 aliphatic carbocycles. The number of amides is 1. The highest BCUT2D eigenvalue weighted by atomic mass is 16.5. The van der Waals surface area contributed by atoms with Gasteiger partial charge in [-0.05, 0) is 30.7 Å². The van der Waals surface area contributed by atoms with Gasteiger partial charge in [0, 0.05) is 25.0 Å². The zero-order chi connectivity index (χ0) is 17.7. The third kappa shape index (κ3) is 4.70. The summed E-state index contributed by atoms with van der Waals surface area (Å²) in [4.78, 5) is 23.6. The number of carbonyl (C=O) groups is 2. The predicted octanol–water partition coefficient (Wildman–Crippen LogP) is 1.61. The van der Waals surface area contributed by atoms with E-state index in [1.54, 1.807) is 24.3 Å². The van der Waals surface area contributed by atoms with Crippen molar-refractivity contribution in [1.29, 1.82) is 0 Å².